The zero-order valence-corrected chi connectivity index (χ0v) is 16.5. The van der Waals surface area contributed by atoms with Crippen molar-refractivity contribution in [1.29, 1.82) is 0 Å². The van der Waals surface area contributed by atoms with Gasteiger partial charge in [-0.25, -0.2) is 13.4 Å². The molecule has 1 aromatic carbocycles. The lowest BCUT2D eigenvalue weighted by Gasteiger charge is -2.34. The van der Waals surface area contributed by atoms with Crippen LogP contribution >= 0.6 is 11.3 Å². The number of imidazole rings is 1. The van der Waals surface area contributed by atoms with Crippen LogP contribution in [0.5, 0.6) is 0 Å². The molecule has 0 radical (unpaired) electrons. The third kappa shape index (κ3) is 3.62. The van der Waals surface area contributed by atoms with Crippen molar-refractivity contribution in [3.63, 3.8) is 0 Å². The van der Waals surface area contributed by atoms with Crippen LogP contribution in [0.3, 0.4) is 0 Å². The van der Waals surface area contributed by atoms with Crippen LogP contribution in [0, 0.1) is 6.92 Å². The molecule has 0 aliphatic carbocycles. The predicted octanol–water partition coefficient (Wildman–Crippen LogP) is 1.78. The Morgan fingerprint density at radius 1 is 1.15 bits per heavy atom. The van der Waals surface area contributed by atoms with E-state index < -0.39 is 10.0 Å². The van der Waals surface area contributed by atoms with Gasteiger partial charge in [0.1, 0.15) is 0 Å². The highest BCUT2D eigenvalue weighted by molar-refractivity contribution is 7.89. The molecule has 1 aliphatic heterocycles. The van der Waals surface area contributed by atoms with E-state index in [9.17, 15) is 13.2 Å². The van der Waals surface area contributed by atoms with E-state index in [-0.39, 0.29) is 12.3 Å². The van der Waals surface area contributed by atoms with E-state index in [1.807, 2.05) is 29.1 Å². The predicted molar refractivity (Wildman–Crippen MR) is 103 cm³/mol. The Hall–Kier alpha value is -2.23. The van der Waals surface area contributed by atoms with Gasteiger partial charge in [-0.1, -0.05) is 17.7 Å². The Labute approximate surface area is 161 Å². The number of sulfonamides is 1. The molecule has 1 aliphatic rings. The maximum Gasteiger partial charge on any atom is 0.243 e. The van der Waals surface area contributed by atoms with Gasteiger partial charge in [-0.05, 0) is 19.1 Å². The van der Waals surface area contributed by atoms with Gasteiger partial charge < -0.3 is 4.90 Å². The first-order chi connectivity index (χ1) is 12.9. The van der Waals surface area contributed by atoms with Crippen molar-refractivity contribution in [3.05, 3.63) is 53.3 Å². The molecule has 0 saturated carbocycles. The van der Waals surface area contributed by atoms with Crippen LogP contribution in [-0.4, -0.2) is 59.1 Å². The number of carbonyl (C=O) groups excluding carboxylic acids is 1. The molecule has 2 aromatic heterocycles. The van der Waals surface area contributed by atoms with Gasteiger partial charge in [0, 0.05) is 44.0 Å². The number of thiazole rings is 1. The summed E-state index contributed by atoms with van der Waals surface area (Å²) in [6.45, 7) is 3.32. The molecule has 0 atom stereocenters. The number of aromatic nitrogens is 2. The SMILES string of the molecule is Cc1ccc(S(=O)(=O)N2CCN(C(=O)Cc3cn4ccsc4n3)CC2)cc1. The molecule has 0 N–H and O–H groups in total. The number of rotatable bonds is 4. The first-order valence-electron chi connectivity index (χ1n) is 8.69. The molecule has 9 heteroatoms. The Morgan fingerprint density at radius 2 is 1.85 bits per heavy atom. The highest BCUT2D eigenvalue weighted by Gasteiger charge is 2.30. The van der Waals surface area contributed by atoms with Crippen molar-refractivity contribution < 1.29 is 13.2 Å². The number of fused-ring (bicyclic) bond motifs is 1. The fourth-order valence-electron chi connectivity index (χ4n) is 3.17. The molecule has 0 unspecified atom stereocenters. The summed E-state index contributed by atoms with van der Waals surface area (Å²) in [5.74, 6) is -0.0202. The molecule has 1 fully saturated rings. The maximum absolute atomic E-state index is 12.7. The zero-order valence-electron chi connectivity index (χ0n) is 14.9. The molecule has 27 heavy (non-hydrogen) atoms. The van der Waals surface area contributed by atoms with Crippen LogP contribution < -0.4 is 0 Å². The summed E-state index contributed by atoms with van der Waals surface area (Å²) >= 11 is 1.53. The van der Waals surface area contributed by atoms with Gasteiger partial charge in [0.25, 0.3) is 0 Å². The number of piperazine rings is 1. The zero-order chi connectivity index (χ0) is 19.0. The largest absolute Gasteiger partial charge is 0.340 e. The number of hydrogen-bond acceptors (Lipinski definition) is 5. The Morgan fingerprint density at radius 3 is 2.52 bits per heavy atom. The summed E-state index contributed by atoms with van der Waals surface area (Å²) in [5, 5.41) is 1.95. The van der Waals surface area contributed by atoms with Crippen LogP contribution in [0.25, 0.3) is 4.96 Å². The van der Waals surface area contributed by atoms with Crippen molar-refractivity contribution >= 4 is 32.2 Å². The summed E-state index contributed by atoms with van der Waals surface area (Å²) < 4.78 is 28.8. The molecule has 142 valence electrons. The molecule has 4 rings (SSSR count). The highest BCUT2D eigenvalue weighted by Crippen LogP contribution is 2.19. The summed E-state index contributed by atoms with van der Waals surface area (Å²) in [6, 6.07) is 6.85. The van der Waals surface area contributed by atoms with Crippen LogP contribution in [0.2, 0.25) is 0 Å². The lowest BCUT2D eigenvalue weighted by Crippen LogP contribution is -2.50. The average Bonchev–Trinajstić information content (AvgIpc) is 3.24. The smallest absolute Gasteiger partial charge is 0.243 e. The second-order valence-corrected chi connectivity index (χ2v) is 9.41. The molecule has 0 spiro atoms. The second kappa shape index (κ2) is 7.06. The Balaban J connectivity index is 1.38. The summed E-state index contributed by atoms with van der Waals surface area (Å²) in [4.78, 5) is 19.9. The van der Waals surface area contributed by atoms with E-state index >= 15 is 0 Å². The standard InChI is InChI=1S/C18H20N4O3S2/c1-14-2-4-16(5-3-14)27(24,25)22-8-6-20(7-9-22)17(23)12-15-13-21-10-11-26-18(21)19-15/h2-5,10-11,13H,6-9,12H2,1H3. The molecular formula is C18H20N4O3S2. The van der Waals surface area contributed by atoms with Gasteiger partial charge in [-0.3, -0.25) is 9.20 Å². The third-order valence-corrected chi connectivity index (χ3v) is 7.41. The van der Waals surface area contributed by atoms with Gasteiger partial charge in [-0.2, -0.15) is 4.31 Å². The fourth-order valence-corrected chi connectivity index (χ4v) is 5.31. The Bertz CT molecular complexity index is 1030. The quantitative estimate of drug-likeness (QED) is 0.664. The monoisotopic (exact) mass is 404 g/mol. The fraction of sp³-hybridized carbons (Fsp3) is 0.333. The molecular weight excluding hydrogens is 384 g/mol. The first-order valence-corrected chi connectivity index (χ1v) is 11.0. The van der Waals surface area contributed by atoms with Crippen LogP contribution in [0.1, 0.15) is 11.3 Å². The van der Waals surface area contributed by atoms with Crippen molar-refractivity contribution in [3.8, 4) is 0 Å². The second-order valence-electron chi connectivity index (χ2n) is 6.60. The van der Waals surface area contributed by atoms with Crippen LogP contribution in [0.4, 0.5) is 0 Å². The molecule has 1 saturated heterocycles. The van der Waals surface area contributed by atoms with Gasteiger partial charge in [0.2, 0.25) is 15.9 Å². The minimum Gasteiger partial charge on any atom is -0.340 e. The van der Waals surface area contributed by atoms with E-state index in [2.05, 4.69) is 4.98 Å². The van der Waals surface area contributed by atoms with Gasteiger partial charge in [0.05, 0.1) is 17.0 Å². The van der Waals surface area contributed by atoms with E-state index in [1.54, 1.807) is 29.2 Å². The van der Waals surface area contributed by atoms with Gasteiger partial charge >= 0.3 is 0 Å². The summed E-state index contributed by atoms with van der Waals surface area (Å²) in [7, 11) is -3.52. The first kappa shape index (κ1) is 18.1. The van der Waals surface area contributed by atoms with E-state index in [1.165, 1.54) is 15.6 Å². The third-order valence-electron chi connectivity index (χ3n) is 4.73. The van der Waals surface area contributed by atoms with E-state index in [0.29, 0.717) is 31.1 Å². The van der Waals surface area contributed by atoms with Crippen LogP contribution in [0.15, 0.2) is 46.9 Å². The molecule has 3 heterocycles. The summed E-state index contributed by atoms with van der Waals surface area (Å²) in [6.07, 6.45) is 4.01. The van der Waals surface area contributed by atoms with Crippen molar-refractivity contribution in [2.75, 3.05) is 26.2 Å². The minimum absolute atomic E-state index is 0.0202. The van der Waals surface area contributed by atoms with E-state index in [0.717, 1.165) is 16.2 Å². The lowest BCUT2D eigenvalue weighted by molar-refractivity contribution is -0.131. The number of hydrogen-bond donors (Lipinski definition) is 0. The average molecular weight is 405 g/mol. The number of carbonyl (C=O) groups is 1. The van der Waals surface area contributed by atoms with Gasteiger partial charge in [0.15, 0.2) is 4.96 Å². The number of benzene rings is 1. The summed E-state index contributed by atoms with van der Waals surface area (Å²) in [5.41, 5.74) is 1.75. The topological polar surface area (TPSA) is 75.0 Å². The minimum atomic E-state index is -3.52. The molecule has 7 nitrogen and oxygen atoms in total. The molecule has 1 amide bonds. The number of amides is 1. The number of aryl methyl sites for hydroxylation is 1. The lowest BCUT2D eigenvalue weighted by atomic mass is 10.2. The normalized spacial score (nSPS) is 16.1. The Kier molecular flexibility index (Phi) is 4.75. The van der Waals surface area contributed by atoms with E-state index in [4.69, 9.17) is 0 Å². The number of nitrogens with zero attached hydrogens (tertiary/aromatic N) is 4. The van der Waals surface area contributed by atoms with Crippen molar-refractivity contribution in [2.45, 2.75) is 18.2 Å². The molecule has 3 aromatic rings. The maximum atomic E-state index is 12.7. The van der Waals surface area contributed by atoms with Crippen LogP contribution in [-0.2, 0) is 21.2 Å². The van der Waals surface area contributed by atoms with Crippen molar-refractivity contribution in [2.24, 2.45) is 0 Å². The van der Waals surface area contributed by atoms with Crippen molar-refractivity contribution in [1.82, 2.24) is 18.6 Å². The highest BCUT2D eigenvalue weighted by atomic mass is 32.2. The molecule has 0 bridgehead atoms. The van der Waals surface area contributed by atoms with Gasteiger partial charge in [-0.15, -0.1) is 11.3 Å².